The molecule has 35 heavy (non-hydrogen) atoms. The number of carbonyl (C=O) groups excluding carboxylic acids is 1. The summed E-state index contributed by atoms with van der Waals surface area (Å²) in [7, 11) is -1.85. The van der Waals surface area contributed by atoms with Crippen LogP contribution in [0.15, 0.2) is 55.3 Å². The van der Waals surface area contributed by atoms with E-state index in [0.717, 1.165) is 16.7 Å². The highest BCUT2D eigenvalue weighted by Gasteiger charge is 2.20. The van der Waals surface area contributed by atoms with Gasteiger partial charge in [0.2, 0.25) is 10.0 Å². The van der Waals surface area contributed by atoms with Crippen molar-refractivity contribution in [1.82, 2.24) is 34.7 Å². The maximum atomic E-state index is 13.7. The number of ketones is 1. The fraction of sp³-hybridized carbons (Fsp3) is 0.208. The summed E-state index contributed by atoms with van der Waals surface area (Å²) in [4.78, 5) is 22.1. The summed E-state index contributed by atoms with van der Waals surface area (Å²) in [6.07, 6.45) is 10.2. The summed E-state index contributed by atoms with van der Waals surface area (Å²) < 4.78 is 29.3. The monoisotopic (exact) mass is 491 g/mol. The molecule has 0 saturated heterocycles. The molecule has 0 fully saturated rings. The molecule has 4 aromatic rings. The first-order valence-electron chi connectivity index (χ1n) is 10.8. The first-order valence-corrected chi connectivity index (χ1v) is 12.5. The predicted octanol–water partition coefficient (Wildman–Crippen LogP) is 2.79. The number of rotatable bonds is 9. The van der Waals surface area contributed by atoms with E-state index in [-0.39, 0.29) is 18.1 Å². The van der Waals surface area contributed by atoms with Gasteiger partial charge in [-0.15, -0.1) is 0 Å². The van der Waals surface area contributed by atoms with Gasteiger partial charge in [-0.1, -0.05) is 18.2 Å². The van der Waals surface area contributed by atoms with E-state index in [9.17, 15) is 13.2 Å². The Balaban J connectivity index is 1.64. The lowest BCUT2D eigenvalue weighted by atomic mass is 9.94. The Morgan fingerprint density at radius 2 is 1.97 bits per heavy atom. The molecule has 0 amide bonds. The molecular formula is C24H25N7O3S. The summed E-state index contributed by atoms with van der Waals surface area (Å²) in [6, 6.07) is 6.88. The molecule has 0 aliphatic rings. The van der Waals surface area contributed by atoms with Crippen molar-refractivity contribution in [3.8, 4) is 11.1 Å². The number of benzene rings is 1. The zero-order valence-electron chi connectivity index (χ0n) is 19.6. The van der Waals surface area contributed by atoms with Crippen LogP contribution in [0.2, 0.25) is 0 Å². The van der Waals surface area contributed by atoms with E-state index in [4.69, 9.17) is 0 Å². The Kier molecular flexibility index (Phi) is 6.99. The van der Waals surface area contributed by atoms with Crippen molar-refractivity contribution in [3.63, 3.8) is 0 Å². The number of aromatic nitrogens is 6. The lowest BCUT2D eigenvalue weighted by Crippen LogP contribution is -2.25. The van der Waals surface area contributed by atoms with Gasteiger partial charge in [0.25, 0.3) is 0 Å². The van der Waals surface area contributed by atoms with Crippen molar-refractivity contribution in [2.24, 2.45) is 7.05 Å². The molecule has 0 aliphatic carbocycles. The van der Waals surface area contributed by atoms with E-state index in [1.54, 1.807) is 47.4 Å². The van der Waals surface area contributed by atoms with Gasteiger partial charge in [-0.3, -0.25) is 19.6 Å². The summed E-state index contributed by atoms with van der Waals surface area (Å²) in [6.45, 7) is 3.67. The van der Waals surface area contributed by atoms with Gasteiger partial charge in [-0.2, -0.15) is 10.2 Å². The second-order valence-electron chi connectivity index (χ2n) is 8.05. The minimum Gasteiger partial charge on any atom is -0.289 e. The van der Waals surface area contributed by atoms with E-state index in [0.29, 0.717) is 28.2 Å². The maximum absolute atomic E-state index is 13.7. The van der Waals surface area contributed by atoms with Gasteiger partial charge in [0, 0.05) is 41.7 Å². The lowest BCUT2D eigenvalue weighted by Gasteiger charge is -2.12. The zero-order valence-corrected chi connectivity index (χ0v) is 20.4. The van der Waals surface area contributed by atoms with E-state index < -0.39 is 10.0 Å². The number of aromatic amines is 1. The van der Waals surface area contributed by atoms with Crippen molar-refractivity contribution < 1.29 is 13.2 Å². The minimum atomic E-state index is -3.67. The average Bonchev–Trinajstić information content (AvgIpc) is 3.51. The van der Waals surface area contributed by atoms with Crippen LogP contribution in [0.3, 0.4) is 0 Å². The highest BCUT2D eigenvalue weighted by Crippen LogP contribution is 2.25. The molecule has 11 heteroatoms. The molecule has 2 N–H and O–H groups in total. The number of nitrogens with zero attached hydrogens (tertiary/aromatic N) is 5. The van der Waals surface area contributed by atoms with E-state index in [2.05, 4.69) is 30.0 Å². The van der Waals surface area contributed by atoms with Crippen molar-refractivity contribution >= 4 is 21.9 Å². The van der Waals surface area contributed by atoms with Crippen LogP contribution < -0.4 is 4.72 Å². The van der Waals surface area contributed by atoms with Crippen LogP contribution in [0.4, 0.5) is 0 Å². The van der Waals surface area contributed by atoms with Crippen molar-refractivity contribution in [2.75, 3.05) is 0 Å². The van der Waals surface area contributed by atoms with E-state index >= 15 is 0 Å². The van der Waals surface area contributed by atoms with Gasteiger partial charge >= 0.3 is 0 Å². The fourth-order valence-electron chi connectivity index (χ4n) is 3.59. The molecule has 0 bridgehead atoms. The molecular weight excluding hydrogens is 466 g/mol. The van der Waals surface area contributed by atoms with Gasteiger partial charge in [0.15, 0.2) is 5.78 Å². The normalized spacial score (nSPS) is 11.9. The highest BCUT2D eigenvalue weighted by atomic mass is 32.2. The molecule has 0 unspecified atom stereocenters. The lowest BCUT2D eigenvalue weighted by molar-refractivity contribution is 0.103. The smallest absolute Gasteiger partial charge is 0.216 e. The number of hydrogen-bond acceptors (Lipinski definition) is 7. The van der Waals surface area contributed by atoms with Gasteiger partial charge < -0.3 is 0 Å². The number of aryl methyl sites for hydroxylation is 2. The van der Waals surface area contributed by atoms with Crippen LogP contribution in [0, 0.1) is 6.92 Å². The molecule has 3 heterocycles. The Bertz CT molecular complexity index is 1490. The summed E-state index contributed by atoms with van der Waals surface area (Å²) >= 11 is 0. The van der Waals surface area contributed by atoms with Gasteiger partial charge in [-0.25, -0.2) is 18.1 Å². The number of pyridine rings is 1. The third-order valence-electron chi connectivity index (χ3n) is 5.35. The maximum Gasteiger partial charge on any atom is 0.216 e. The first-order chi connectivity index (χ1) is 16.8. The van der Waals surface area contributed by atoms with Gasteiger partial charge in [-0.05, 0) is 43.2 Å². The SMILES string of the molecule is C/C=C\c1ncc(-c2cnn(C)c2)cc1C(=O)c1cc(CS(=O)(=O)NCc2ncn[nH]2)ccc1C. The fourth-order valence-corrected chi connectivity index (χ4v) is 4.67. The zero-order chi connectivity index (χ0) is 25.0. The minimum absolute atomic E-state index is 0.000496. The Labute approximate surface area is 203 Å². The third kappa shape index (κ3) is 5.76. The Morgan fingerprint density at radius 1 is 1.14 bits per heavy atom. The van der Waals surface area contributed by atoms with Crippen LogP contribution in [0.25, 0.3) is 17.2 Å². The number of carbonyl (C=O) groups is 1. The molecule has 3 aromatic heterocycles. The third-order valence-corrected chi connectivity index (χ3v) is 6.65. The number of sulfonamides is 1. The van der Waals surface area contributed by atoms with Crippen LogP contribution >= 0.6 is 0 Å². The molecule has 4 rings (SSSR count). The quantitative estimate of drug-likeness (QED) is 0.344. The number of nitrogens with one attached hydrogen (secondary N) is 2. The molecule has 1 aromatic carbocycles. The van der Waals surface area contributed by atoms with Crippen LogP contribution in [-0.4, -0.2) is 44.1 Å². The number of hydrogen-bond donors (Lipinski definition) is 2. The van der Waals surface area contributed by atoms with Crippen LogP contribution in [0.1, 0.15) is 45.5 Å². The van der Waals surface area contributed by atoms with Crippen molar-refractivity contribution in [2.45, 2.75) is 26.1 Å². The molecule has 0 spiro atoms. The highest BCUT2D eigenvalue weighted by molar-refractivity contribution is 7.88. The average molecular weight is 492 g/mol. The molecule has 0 radical (unpaired) electrons. The second-order valence-corrected chi connectivity index (χ2v) is 9.86. The van der Waals surface area contributed by atoms with Crippen LogP contribution in [-0.2, 0) is 29.4 Å². The first kappa shape index (κ1) is 24.2. The second kappa shape index (κ2) is 10.1. The molecule has 10 nitrogen and oxygen atoms in total. The Hall–Kier alpha value is -3.96. The van der Waals surface area contributed by atoms with Crippen molar-refractivity contribution in [3.05, 3.63) is 89.0 Å². The molecule has 0 aliphatic heterocycles. The molecule has 180 valence electrons. The molecule has 0 atom stereocenters. The topological polar surface area (TPSA) is 136 Å². The standard InChI is InChI=1S/C24H25N7O3S/c1-4-5-22-21(9-18(10-25-22)19-11-28-31(3)13-19)24(32)20-8-17(7-6-16(20)2)14-35(33,34)29-12-23-26-15-27-30-23/h4-11,13,15,29H,12,14H2,1-3H3,(H,26,27,30)/b5-4-. The number of allylic oxidation sites excluding steroid dienone is 1. The van der Waals surface area contributed by atoms with E-state index in [1.165, 1.54) is 6.33 Å². The van der Waals surface area contributed by atoms with Crippen LogP contribution in [0.5, 0.6) is 0 Å². The Morgan fingerprint density at radius 3 is 2.66 bits per heavy atom. The largest absolute Gasteiger partial charge is 0.289 e. The summed E-state index contributed by atoms with van der Waals surface area (Å²) in [5.41, 5.74) is 4.23. The van der Waals surface area contributed by atoms with Crippen molar-refractivity contribution in [1.29, 1.82) is 0 Å². The predicted molar refractivity (Wildman–Crippen MR) is 132 cm³/mol. The van der Waals surface area contributed by atoms with E-state index in [1.807, 2.05) is 33.2 Å². The molecule has 0 saturated carbocycles. The summed E-state index contributed by atoms with van der Waals surface area (Å²) in [5, 5.41) is 10.5. The summed E-state index contributed by atoms with van der Waals surface area (Å²) in [5.74, 6) is -0.106. The van der Waals surface area contributed by atoms with Gasteiger partial charge in [0.1, 0.15) is 12.2 Å². The number of H-pyrrole nitrogens is 1. The van der Waals surface area contributed by atoms with Gasteiger partial charge in [0.05, 0.1) is 24.2 Å².